The lowest BCUT2D eigenvalue weighted by Crippen LogP contribution is -2.43. The Morgan fingerprint density at radius 3 is 2.52 bits per heavy atom. The second kappa shape index (κ2) is 6.58. The van der Waals surface area contributed by atoms with Gasteiger partial charge in [-0.15, -0.1) is 11.6 Å². The number of hydrogen-bond donors (Lipinski definition) is 0. The van der Waals surface area contributed by atoms with Gasteiger partial charge < -0.3 is 4.74 Å². The number of alkyl halides is 1. The molecule has 0 fully saturated rings. The topological polar surface area (TPSA) is 41.9 Å². The van der Waals surface area contributed by atoms with E-state index in [4.69, 9.17) is 21.3 Å². The van der Waals surface area contributed by atoms with E-state index >= 15 is 0 Å². The molecule has 0 saturated heterocycles. The first kappa shape index (κ1) is 16.2. The summed E-state index contributed by atoms with van der Waals surface area (Å²) in [5, 5.41) is 1.87. The first-order valence-corrected chi connectivity index (χ1v) is 9.12. The van der Waals surface area contributed by atoms with Crippen molar-refractivity contribution < 1.29 is 9.53 Å². The number of fused-ring (bicyclic) bond motifs is 1. The largest absolute Gasteiger partial charge is 0.497 e. The molecule has 0 unspecified atom stereocenters. The molecule has 4 nitrogen and oxygen atoms in total. The third-order valence-electron chi connectivity index (χ3n) is 4.22. The predicted octanol–water partition coefficient (Wildman–Crippen LogP) is 4.29. The zero-order chi connectivity index (χ0) is 17.4. The Morgan fingerprint density at radius 1 is 1.12 bits per heavy atom. The minimum atomic E-state index is -0.747. The van der Waals surface area contributed by atoms with Crippen LogP contribution >= 0.6 is 23.4 Å². The lowest BCUT2D eigenvalue weighted by Gasteiger charge is -2.31. The summed E-state index contributed by atoms with van der Waals surface area (Å²) in [5.74, 6) is 0.613. The molecule has 126 valence electrons. The average molecular weight is 371 g/mol. The zero-order valence-corrected chi connectivity index (χ0v) is 15.0. The highest BCUT2D eigenvalue weighted by Crippen LogP contribution is 2.41. The van der Waals surface area contributed by atoms with Crippen molar-refractivity contribution in [3.63, 3.8) is 0 Å². The van der Waals surface area contributed by atoms with Gasteiger partial charge in [-0.25, -0.2) is 0 Å². The number of halogens is 1. The van der Waals surface area contributed by atoms with Gasteiger partial charge in [-0.1, -0.05) is 54.2 Å². The Bertz CT molecular complexity index is 865. The number of carbonyl (C=O) groups is 1. The van der Waals surface area contributed by atoms with Gasteiger partial charge in [0.2, 0.25) is 0 Å². The molecule has 2 heterocycles. The van der Waals surface area contributed by atoms with E-state index in [1.165, 1.54) is 11.8 Å². The maximum Gasteiger partial charge on any atom is 0.253 e. The summed E-state index contributed by atoms with van der Waals surface area (Å²) in [5.41, 5.74) is 2.70. The van der Waals surface area contributed by atoms with E-state index in [-0.39, 0.29) is 5.91 Å². The van der Waals surface area contributed by atoms with Crippen molar-refractivity contribution >= 4 is 40.1 Å². The van der Waals surface area contributed by atoms with E-state index in [1.54, 1.807) is 12.0 Å². The lowest BCUT2D eigenvalue weighted by molar-refractivity contribution is -0.125. The second-order valence-corrected chi connectivity index (χ2v) is 7.00. The molecule has 2 aliphatic heterocycles. The molecule has 0 bridgehead atoms. The number of methoxy groups -OCH3 is 1. The highest BCUT2D eigenvalue weighted by molar-refractivity contribution is 8.16. The number of rotatable bonds is 3. The number of nitrogens with zero attached hydrogens (tertiary/aromatic N) is 2. The molecule has 4 rings (SSSR count). The van der Waals surface area contributed by atoms with Crippen molar-refractivity contribution in [3.05, 3.63) is 71.1 Å². The minimum Gasteiger partial charge on any atom is -0.497 e. The van der Waals surface area contributed by atoms with Crippen molar-refractivity contribution in [1.29, 1.82) is 0 Å². The van der Waals surface area contributed by atoms with Crippen LogP contribution in [0, 0.1) is 0 Å². The van der Waals surface area contributed by atoms with Gasteiger partial charge in [-0.3, -0.25) is 14.7 Å². The molecule has 0 aliphatic carbocycles. The molecule has 0 spiro atoms. The quantitative estimate of drug-likeness (QED) is 0.757. The van der Waals surface area contributed by atoms with E-state index in [0.717, 1.165) is 22.6 Å². The van der Waals surface area contributed by atoms with Gasteiger partial charge >= 0.3 is 0 Å². The van der Waals surface area contributed by atoms with Crippen LogP contribution in [0.1, 0.15) is 17.2 Å². The Kier molecular flexibility index (Phi) is 4.27. The van der Waals surface area contributed by atoms with Crippen LogP contribution in [0.5, 0.6) is 5.75 Å². The fraction of sp³-hybridized carbons (Fsp3) is 0.158. The number of benzene rings is 2. The normalized spacial score (nSPS) is 22.3. The zero-order valence-electron chi connectivity index (χ0n) is 13.4. The number of carbonyl (C=O) groups excluding carboxylic acids is 1. The Balaban J connectivity index is 1.68. The van der Waals surface area contributed by atoms with E-state index in [9.17, 15) is 4.79 Å². The van der Waals surface area contributed by atoms with E-state index in [1.807, 2.05) is 60.0 Å². The van der Waals surface area contributed by atoms with Crippen molar-refractivity contribution in [1.82, 2.24) is 4.90 Å². The molecular weight excluding hydrogens is 356 g/mol. The minimum absolute atomic E-state index is 0.146. The van der Waals surface area contributed by atoms with Crippen molar-refractivity contribution in [3.8, 4) is 5.75 Å². The van der Waals surface area contributed by atoms with Crippen molar-refractivity contribution in [2.24, 2.45) is 4.99 Å². The molecule has 1 amide bonds. The summed E-state index contributed by atoms with van der Waals surface area (Å²) in [6.45, 7) is 0. The highest BCUT2D eigenvalue weighted by atomic mass is 35.5. The molecule has 0 N–H and O–H groups in total. The third-order valence-corrected chi connectivity index (χ3v) is 5.48. The van der Waals surface area contributed by atoms with Gasteiger partial charge in [0.25, 0.3) is 5.91 Å². The van der Waals surface area contributed by atoms with Gasteiger partial charge in [-0.2, -0.15) is 0 Å². The number of aliphatic imine (C=N–C) groups is 1. The van der Waals surface area contributed by atoms with E-state index in [2.05, 4.69) is 0 Å². The van der Waals surface area contributed by atoms with Crippen LogP contribution < -0.4 is 4.74 Å². The Morgan fingerprint density at radius 2 is 1.84 bits per heavy atom. The monoisotopic (exact) mass is 370 g/mol. The molecule has 0 radical (unpaired) electrons. The van der Waals surface area contributed by atoms with Gasteiger partial charge in [0.15, 0.2) is 5.17 Å². The molecule has 2 aliphatic rings. The number of thioether (sulfide) groups is 1. The van der Waals surface area contributed by atoms with Crippen LogP contribution in [-0.2, 0) is 4.79 Å². The van der Waals surface area contributed by atoms with Gasteiger partial charge in [0, 0.05) is 5.41 Å². The molecular formula is C19H15ClN2O2S. The first-order valence-electron chi connectivity index (χ1n) is 7.81. The summed E-state index contributed by atoms with van der Waals surface area (Å²) in [6, 6.07) is 16.9. The molecule has 2 atom stereocenters. The second-order valence-electron chi connectivity index (χ2n) is 5.69. The maximum absolute atomic E-state index is 12.9. The predicted molar refractivity (Wildman–Crippen MR) is 102 cm³/mol. The van der Waals surface area contributed by atoms with Crippen molar-refractivity contribution in [2.45, 2.75) is 11.4 Å². The summed E-state index contributed by atoms with van der Waals surface area (Å²) in [4.78, 5) is 19.3. The Hall–Kier alpha value is -2.24. The van der Waals surface area contributed by atoms with E-state index in [0.29, 0.717) is 5.17 Å². The van der Waals surface area contributed by atoms with Crippen LogP contribution in [-0.4, -0.2) is 28.5 Å². The molecule has 0 saturated carbocycles. The fourth-order valence-corrected chi connectivity index (χ4v) is 4.14. The standard InChI is InChI=1S/C19H15ClN2O2S/c1-24-14-9-7-13(8-10-14)17-16(20)18(23)22-15(11-25-19(22)21-17)12-5-3-2-4-6-12/h2-11,16-17H,1H3/t16-,17+/m1/s1. The highest BCUT2D eigenvalue weighted by Gasteiger charge is 2.42. The summed E-state index contributed by atoms with van der Waals surface area (Å²) in [6.07, 6.45) is 0. The number of ether oxygens (including phenoxy) is 1. The Labute approximate surface area is 155 Å². The van der Waals surface area contributed by atoms with Gasteiger partial charge in [0.05, 0.1) is 12.8 Å². The summed E-state index contributed by atoms with van der Waals surface area (Å²) < 4.78 is 5.18. The number of amides is 1. The molecule has 0 aromatic heterocycles. The molecule has 25 heavy (non-hydrogen) atoms. The lowest BCUT2D eigenvalue weighted by atomic mass is 10.0. The van der Waals surface area contributed by atoms with Crippen LogP contribution in [0.4, 0.5) is 0 Å². The molecule has 2 aromatic carbocycles. The smallest absolute Gasteiger partial charge is 0.253 e. The summed E-state index contributed by atoms with van der Waals surface area (Å²) >= 11 is 7.95. The third kappa shape index (κ3) is 2.83. The van der Waals surface area contributed by atoms with Gasteiger partial charge in [-0.05, 0) is 23.3 Å². The van der Waals surface area contributed by atoms with Crippen LogP contribution in [0.2, 0.25) is 0 Å². The number of hydrogen-bond acceptors (Lipinski definition) is 4. The van der Waals surface area contributed by atoms with Crippen LogP contribution in [0.3, 0.4) is 0 Å². The molecule has 6 heteroatoms. The van der Waals surface area contributed by atoms with Gasteiger partial charge in [0.1, 0.15) is 17.2 Å². The molecule has 2 aromatic rings. The SMILES string of the molecule is COc1ccc([C@@H]2N=C3SC=C(c4ccccc4)N3C(=O)[C@@H]2Cl)cc1. The maximum atomic E-state index is 12.9. The first-order chi connectivity index (χ1) is 12.2. The average Bonchev–Trinajstić information content (AvgIpc) is 3.09. The van der Waals surface area contributed by atoms with E-state index < -0.39 is 11.4 Å². The summed E-state index contributed by atoms with van der Waals surface area (Å²) in [7, 11) is 1.62. The fourth-order valence-electron chi connectivity index (χ4n) is 2.91. The van der Waals surface area contributed by atoms with Crippen LogP contribution in [0.15, 0.2) is 65.0 Å². The van der Waals surface area contributed by atoms with Crippen molar-refractivity contribution in [2.75, 3.05) is 7.11 Å². The number of amidine groups is 1. The van der Waals surface area contributed by atoms with Crippen LogP contribution in [0.25, 0.3) is 5.70 Å².